The molecule has 0 saturated carbocycles. The van der Waals surface area contributed by atoms with Gasteiger partial charge in [0.2, 0.25) is 0 Å². The Morgan fingerprint density at radius 2 is 2.15 bits per heavy atom. The van der Waals surface area contributed by atoms with Gasteiger partial charge in [-0.3, -0.25) is 0 Å². The number of benzene rings is 1. The molecule has 4 heteroatoms. The van der Waals surface area contributed by atoms with Gasteiger partial charge in [-0.05, 0) is 52.2 Å². The Bertz CT molecular complexity index is 603. The van der Waals surface area contributed by atoms with Crippen LogP contribution in [0.15, 0.2) is 52.1 Å². The van der Waals surface area contributed by atoms with Crippen LogP contribution in [0.2, 0.25) is 0 Å². The van der Waals surface area contributed by atoms with Crippen LogP contribution in [0.1, 0.15) is 24.1 Å². The highest BCUT2D eigenvalue weighted by Gasteiger charge is 2.32. The van der Waals surface area contributed by atoms with Crippen molar-refractivity contribution in [1.82, 2.24) is 10.3 Å². The number of fused-ring (bicyclic) bond motifs is 1. The maximum atomic E-state index is 4.49. The number of rotatable bonds is 4. The van der Waals surface area contributed by atoms with Crippen LogP contribution in [0.25, 0.3) is 0 Å². The van der Waals surface area contributed by atoms with E-state index in [0.29, 0.717) is 11.3 Å². The Hall–Kier alpha value is -0.840. The van der Waals surface area contributed by atoms with Crippen molar-refractivity contribution in [3.63, 3.8) is 0 Å². The predicted molar refractivity (Wildman–Crippen MR) is 88.1 cm³/mol. The summed E-state index contributed by atoms with van der Waals surface area (Å²) >= 11 is 5.46. The zero-order chi connectivity index (χ0) is 13.9. The first-order valence-electron chi connectivity index (χ1n) is 6.88. The topological polar surface area (TPSA) is 24.9 Å². The predicted octanol–water partition coefficient (Wildman–Crippen LogP) is 4.21. The molecular weight excluding hydrogens is 332 g/mol. The highest BCUT2D eigenvalue weighted by Crippen LogP contribution is 2.42. The van der Waals surface area contributed by atoms with Gasteiger partial charge in [0.05, 0.1) is 0 Å². The van der Waals surface area contributed by atoms with Crippen LogP contribution in [0.5, 0.6) is 0 Å². The average Bonchev–Trinajstić information content (AvgIpc) is 2.80. The summed E-state index contributed by atoms with van der Waals surface area (Å²) < 4.78 is 1.08. The number of halogens is 1. The third-order valence-corrected chi connectivity index (χ3v) is 5.79. The van der Waals surface area contributed by atoms with E-state index in [1.54, 1.807) is 0 Å². The maximum Gasteiger partial charge on any atom is 0.111 e. The van der Waals surface area contributed by atoms with Crippen molar-refractivity contribution in [2.45, 2.75) is 29.7 Å². The first-order valence-corrected chi connectivity index (χ1v) is 8.55. The molecule has 2 nitrogen and oxygen atoms in total. The lowest BCUT2D eigenvalue weighted by molar-refractivity contribution is 0.560. The number of hydrogen-bond acceptors (Lipinski definition) is 3. The number of nitrogens with zero attached hydrogens (tertiary/aromatic N) is 1. The summed E-state index contributed by atoms with van der Waals surface area (Å²) in [6, 6.07) is 13.2. The molecule has 1 aromatic carbocycles. The van der Waals surface area contributed by atoms with Crippen LogP contribution in [-0.2, 0) is 6.42 Å². The second-order valence-corrected chi connectivity index (χ2v) is 6.97. The smallest absolute Gasteiger partial charge is 0.111 e. The first kappa shape index (κ1) is 14.1. The van der Waals surface area contributed by atoms with Gasteiger partial charge < -0.3 is 5.32 Å². The van der Waals surface area contributed by atoms with E-state index < -0.39 is 0 Å². The van der Waals surface area contributed by atoms with Crippen molar-refractivity contribution in [3.05, 3.63) is 58.2 Å². The van der Waals surface area contributed by atoms with E-state index in [0.717, 1.165) is 22.5 Å². The van der Waals surface area contributed by atoms with Gasteiger partial charge in [0.1, 0.15) is 5.03 Å². The Balaban J connectivity index is 1.85. The molecule has 1 aromatic heterocycles. The Morgan fingerprint density at radius 1 is 1.30 bits per heavy atom. The molecule has 0 fully saturated rings. The lowest BCUT2D eigenvalue weighted by Crippen LogP contribution is -2.26. The molecule has 0 saturated heterocycles. The van der Waals surface area contributed by atoms with E-state index in [4.69, 9.17) is 0 Å². The van der Waals surface area contributed by atoms with Crippen molar-refractivity contribution in [2.24, 2.45) is 0 Å². The molecule has 1 aliphatic carbocycles. The van der Waals surface area contributed by atoms with Gasteiger partial charge in [0.25, 0.3) is 0 Å². The molecule has 1 aliphatic rings. The molecule has 1 heterocycles. The van der Waals surface area contributed by atoms with Gasteiger partial charge in [-0.25, -0.2) is 4.98 Å². The van der Waals surface area contributed by atoms with Gasteiger partial charge in [0, 0.05) is 22.0 Å². The minimum Gasteiger partial charge on any atom is -0.309 e. The number of pyridine rings is 1. The summed E-state index contributed by atoms with van der Waals surface area (Å²) in [4.78, 5) is 4.49. The van der Waals surface area contributed by atoms with E-state index in [-0.39, 0.29) is 0 Å². The highest BCUT2D eigenvalue weighted by molar-refractivity contribution is 9.10. The van der Waals surface area contributed by atoms with E-state index in [1.165, 1.54) is 11.1 Å². The van der Waals surface area contributed by atoms with Crippen molar-refractivity contribution in [2.75, 3.05) is 6.54 Å². The quantitative estimate of drug-likeness (QED) is 0.895. The Labute approximate surface area is 132 Å². The zero-order valence-corrected chi connectivity index (χ0v) is 13.7. The molecule has 0 aliphatic heterocycles. The van der Waals surface area contributed by atoms with Crippen LogP contribution in [0, 0.1) is 0 Å². The van der Waals surface area contributed by atoms with Crippen LogP contribution in [-0.4, -0.2) is 16.8 Å². The van der Waals surface area contributed by atoms with Crippen molar-refractivity contribution in [3.8, 4) is 0 Å². The van der Waals surface area contributed by atoms with Gasteiger partial charge in [-0.15, -0.1) is 0 Å². The van der Waals surface area contributed by atoms with Crippen LogP contribution in [0.3, 0.4) is 0 Å². The van der Waals surface area contributed by atoms with E-state index >= 15 is 0 Å². The number of aromatic nitrogens is 1. The molecule has 3 rings (SSSR count). The normalized spacial score (nSPS) is 20.9. The van der Waals surface area contributed by atoms with Gasteiger partial charge in [0.15, 0.2) is 0 Å². The molecule has 2 unspecified atom stereocenters. The van der Waals surface area contributed by atoms with Crippen molar-refractivity contribution in [1.29, 1.82) is 0 Å². The molecule has 1 N–H and O–H groups in total. The molecule has 0 radical (unpaired) electrons. The molecule has 2 atom stereocenters. The van der Waals surface area contributed by atoms with E-state index in [2.05, 4.69) is 63.5 Å². The lowest BCUT2D eigenvalue weighted by atomic mass is 10.1. The third kappa shape index (κ3) is 2.78. The third-order valence-electron chi connectivity index (χ3n) is 3.59. The molecule has 104 valence electrons. The minimum atomic E-state index is 0.412. The fourth-order valence-electron chi connectivity index (χ4n) is 2.73. The van der Waals surface area contributed by atoms with Gasteiger partial charge in [-0.2, -0.15) is 0 Å². The summed E-state index contributed by atoms with van der Waals surface area (Å²) in [5.41, 5.74) is 2.90. The summed E-state index contributed by atoms with van der Waals surface area (Å²) in [7, 11) is 0. The number of nitrogens with one attached hydrogen (secondary N) is 1. The second kappa shape index (κ2) is 6.29. The van der Waals surface area contributed by atoms with Crippen molar-refractivity contribution < 1.29 is 0 Å². The van der Waals surface area contributed by atoms with E-state index in [1.807, 2.05) is 24.0 Å². The molecule has 2 aromatic rings. The Morgan fingerprint density at radius 3 is 2.95 bits per heavy atom. The monoisotopic (exact) mass is 348 g/mol. The van der Waals surface area contributed by atoms with Crippen LogP contribution in [0.4, 0.5) is 0 Å². The summed E-state index contributed by atoms with van der Waals surface area (Å²) in [6.45, 7) is 3.15. The summed E-state index contributed by atoms with van der Waals surface area (Å²) in [5, 5.41) is 5.20. The largest absolute Gasteiger partial charge is 0.309 e. The van der Waals surface area contributed by atoms with Gasteiger partial charge >= 0.3 is 0 Å². The van der Waals surface area contributed by atoms with E-state index in [9.17, 15) is 0 Å². The second-order valence-electron chi connectivity index (χ2n) is 4.88. The molecule has 0 spiro atoms. The lowest BCUT2D eigenvalue weighted by Gasteiger charge is -2.21. The Kier molecular flexibility index (Phi) is 4.44. The summed E-state index contributed by atoms with van der Waals surface area (Å²) in [6.07, 6.45) is 2.96. The minimum absolute atomic E-state index is 0.412. The highest BCUT2D eigenvalue weighted by atomic mass is 79.9. The SMILES string of the molecule is CCNC1c2ccccc2CC1Sc1ncccc1Br. The van der Waals surface area contributed by atoms with Crippen LogP contribution < -0.4 is 5.32 Å². The van der Waals surface area contributed by atoms with Crippen LogP contribution >= 0.6 is 27.7 Å². The maximum absolute atomic E-state index is 4.49. The first-order chi connectivity index (χ1) is 9.79. The fraction of sp³-hybridized carbons (Fsp3) is 0.312. The van der Waals surface area contributed by atoms with Crippen molar-refractivity contribution >= 4 is 27.7 Å². The molecular formula is C16H17BrN2S. The average molecular weight is 349 g/mol. The van der Waals surface area contributed by atoms with Gasteiger partial charge in [-0.1, -0.05) is 43.0 Å². The molecule has 0 bridgehead atoms. The molecule has 20 heavy (non-hydrogen) atoms. The number of thioether (sulfide) groups is 1. The number of hydrogen-bond donors (Lipinski definition) is 1. The zero-order valence-electron chi connectivity index (χ0n) is 11.3. The summed E-state index contributed by atoms with van der Waals surface area (Å²) in [5.74, 6) is 0. The molecule has 0 amide bonds. The fourth-order valence-corrected chi connectivity index (χ4v) is 4.50. The standard InChI is InChI=1S/C16H17BrN2S/c1-2-18-15-12-7-4-3-6-11(12)10-14(15)20-16-13(17)8-5-9-19-16/h3-9,14-15,18H,2,10H2,1H3.